The first-order valence-electron chi connectivity index (χ1n) is 7.56. The molecular formula is C15H31NO. The monoisotopic (exact) mass is 241 g/mol. The normalized spacial score (nSPS) is 31.4. The van der Waals surface area contributed by atoms with Gasteiger partial charge in [-0.3, -0.25) is 0 Å². The second-order valence-electron chi connectivity index (χ2n) is 5.95. The number of nitrogens with two attached hydrogens (primary N) is 1. The zero-order valence-corrected chi connectivity index (χ0v) is 11.8. The number of hydrogen-bond donors (Lipinski definition) is 2. The van der Waals surface area contributed by atoms with E-state index < -0.39 is 0 Å². The second-order valence-corrected chi connectivity index (χ2v) is 5.95. The van der Waals surface area contributed by atoms with E-state index in [1.807, 2.05) is 0 Å². The summed E-state index contributed by atoms with van der Waals surface area (Å²) in [4.78, 5) is 0. The molecule has 0 heterocycles. The molecule has 3 atom stereocenters. The van der Waals surface area contributed by atoms with Crippen LogP contribution in [0.4, 0.5) is 0 Å². The van der Waals surface area contributed by atoms with Crippen molar-refractivity contribution < 1.29 is 5.11 Å². The Hall–Kier alpha value is -0.0800. The van der Waals surface area contributed by atoms with Gasteiger partial charge in [0.25, 0.3) is 0 Å². The summed E-state index contributed by atoms with van der Waals surface area (Å²) in [7, 11) is 0. The van der Waals surface area contributed by atoms with Crippen LogP contribution in [0.1, 0.15) is 71.6 Å². The van der Waals surface area contributed by atoms with Gasteiger partial charge in [-0.15, -0.1) is 0 Å². The molecule has 0 spiro atoms. The Morgan fingerprint density at radius 3 is 2.71 bits per heavy atom. The van der Waals surface area contributed by atoms with Crippen molar-refractivity contribution in [1.82, 2.24) is 0 Å². The van der Waals surface area contributed by atoms with Crippen LogP contribution < -0.4 is 5.73 Å². The summed E-state index contributed by atoms with van der Waals surface area (Å²) in [5.74, 6) is 0.785. The van der Waals surface area contributed by atoms with Crippen molar-refractivity contribution in [2.45, 2.75) is 77.7 Å². The van der Waals surface area contributed by atoms with Crippen LogP contribution >= 0.6 is 0 Å². The van der Waals surface area contributed by atoms with Crippen LogP contribution in [0.25, 0.3) is 0 Å². The van der Waals surface area contributed by atoms with Crippen molar-refractivity contribution >= 4 is 0 Å². The summed E-state index contributed by atoms with van der Waals surface area (Å²) in [5.41, 5.74) is 6.03. The van der Waals surface area contributed by atoms with E-state index in [2.05, 4.69) is 13.8 Å². The van der Waals surface area contributed by atoms with E-state index in [1.54, 1.807) is 0 Å². The zero-order chi connectivity index (χ0) is 12.7. The fourth-order valence-electron chi connectivity index (χ4n) is 3.39. The molecule has 2 heteroatoms. The minimum Gasteiger partial charge on any atom is -0.393 e. The maximum atomic E-state index is 10.5. The Morgan fingerprint density at radius 1 is 1.35 bits per heavy atom. The van der Waals surface area contributed by atoms with Gasteiger partial charge in [-0.1, -0.05) is 52.4 Å². The van der Waals surface area contributed by atoms with Crippen molar-refractivity contribution in [1.29, 1.82) is 0 Å². The van der Waals surface area contributed by atoms with E-state index in [-0.39, 0.29) is 11.5 Å². The highest BCUT2D eigenvalue weighted by atomic mass is 16.3. The quantitative estimate of drug-likeness (QED) is 0.670. The van der Waals surface area contributed by atoms with Gasteiger partial charge in [-0.05, 0) is 25.2 Å². The summed E-state index contributed by atoms with van der Waals surface area (Å²) in [6, 6.07) is 0. The third-order valence-electron chi connectivity index (χ3n) is 4.75. The summed E-state index contributed by atoms with van der Waals surface area (Å²) < 4.78 is 0. The van der Waals surface area contributed by atoms with E-state index in [9.17, 15) is 5.11 Å². The molecule has 0 amide bonds. The molecule has 0 aliphatic heterocycles. The van der Waals surface area contributed by atoms with E-state index >= 15 is 0 Å². The van der Waals surface area contributed by atoms with Crippen LogP contribution in [-0.4, -0.2) is 17.8 Å². The Labute approximate surface area is 107 Å². The highest BCUT2D eigenvalue weighted by molar-refractivity contribution is 4.92. The molecule has 1 aliphatic carbocycles. The number of rotatable bonds is 7. The highest BCUT2D eigenvalue weighted by Gasteiger charge is 2.40. The van der Waals surface area contributed by atoms with Gasteiger partial charge < -0.3 is 10.8 Å². The number of aliphatic hydroxyl groups is 1. The summed E-state index contributed by atoms with van der Waals surface area (Å²) in [6.45, 7) is 5.14. The van der Waals surface area contributed by atoms with Crippen molar-refractivity contribution in [3.05, 3.63) is 0 Å². The first-order chi connectivity index (χ1) is 8.18. The second kappa shape index (κ2) is 7.38. The lowest BCUT2D eigenvalue weighted by molar-refractivity contribution is -0.0201. The number of aliphatic hydroxyl groups excluding tert-OH is 1. The van der Waals surface area contributed by atoms with Crippen LogP contribution in [-0.2, 0) is 0 Å². The van der Waals surface area contributed by atoms with E-state index in [4.69, 9.17) is 5.73 Å². The van der Waals surface area contributed by atoms with Crippen LogP contribution in [0.2, 0.25) is 0 Å². The first-order valence-corrected chi connectivity index (χ1v) is 7.56. The average molecular weight is 241 g/mol. The molecule has 3 unspecified atom stereocenters. The topological polar surface area (TPSA) is 46.2 Å². The van der Waals surface area contributed by atoms with Crippen LogP contribution in [0.5, 0.6) is 0 Å². The number of hydrogen-bond acceptors (Lipinski definition) is 2. The number of unbranched alkanes of at least 4 members (excludes halogenated alkanes) is 2. The van der Waals surface area contributed by atoms with Gasteiger partial charge in [-0.25, -0.2) is 0 Å². The molecule has 2 nitrogen and oxygen atoms in total. The summed E-state index contributed by atoms with van der Waals surface area (Å²) in [5, 5.41) is 10.5. The summed E-state index contributed by atoms with van der Waals surface area (Å²) >= 11 is 0. The Balaban J connectivity index is 2.53. The summed E-state index contributed by atoms with van der Waals surface area (Å²) in [6.07, 6.45) is 10.5. The minimum absolute atomic E-state index is 0.0344. The standard InChI is InChI=1S/C15H31NO/c1-3-5-6-9-14(17)15(12-16)10-7-8-13(4-2)11-15/h13-14,17H,3-12,16H2,1-2H3. The lowest BCUT2D eigenvalue weighted by Crippen LogP contribution is -2.45. The first kappa shape index (κ1) is 15.0. The average Bonchev–Trinajstić information content (AvgIpc) is 2.38. The molecule has 0 radical (unpaired) electrons. The van der Waals surface area contributed by atoms with Gasteiger partial charge in [0, 0.05) is 12.0 Å². The molecular weight excluding hydrogens is 210 g/mol. The van der Waals surface area contributed by atoms with E-state index in [0.29, 0.717) is 6.54 Å². The largest absolute Gasteiger partial charge is 0.393 e. The van der Waals surface area contributed by atoms with Crippen LogP contribution in [0, 0.1) is 11.3 Å². The smallest absolute Gasteiger partial charge is 0.0608 e. The van der Waals surface area contributed by atoms with Crippen LogP contribution in [0.3, 0.4) is 0 Å². The molecule has 3 N–H and O–H groups in total. The zero-order valence-electron chi connectivity index (χ0n) is 11.8. The Morgan fingerprint density at radius 2 is 2.12 bits per heavy atom. The molecule has 1 aliphatic rings. The Kier molecular flexibility index (Phi) is 6.50. The maximum Gasteiger partial charge on any atom is 0.0608 e. The van der Waals surface area contributed by atoms with Gasteiger partial charge in [-0.2, -0.15) is 0 Å². The molecule has 0 bridgehead atoms. The van der Waals surface area contributed by atoms with Gasteiger partial charge in [0.15, 0.2) is 0 Å². The minimum atomic E-state index is -0.173. The predicted octanol–water partition coefficient (Wildman–Crippen LogP) is 3.47. The lowest BCUT2D eigenvalue weighted by atomic mass is 9.65. The molecule has 0 aromatic carbocycles. The fourth-order valence-corrected chi connectivity index (χ4v) is 3.39. The SMILES string of the molecule is CCCCCC(O)C1(CN)CCCC(CC)C1. The lowest BCUT2D eigenvalue weighted by Gasteiger charge is -2.43. The van der Waals surface area contributed by atoms with E-state index in [0.717, 1.165) is 31.6 Å². The van der Waals surface area contributed by atoms with Crippen molar-refractivity contribution in [2.75, 3.05) is 6.54 Å². The fraction of sp³-hybridized carbons (Fsp3) is 1.00. The maximum absolute atomic E-state index is 10.5. The van der Waals surface area contributed by atoms with Gasteiger partial charge in [0.05, 0.1) is 6.10 Å². The third kappa shape index (κ3) is 3.96. The molecule has 0 aromatic rings. The molecule has 0 aromatic heterocycles. The molecule has 1 rings (SSSR count). The molecule has 0 saturated heterocycles. The van der Waals surface area contributed by atoms with Crippen molar-refractivity contribution in [2.24, 2.45) is 17.1 Å². The van der Waals surface area contributed by atoms with Gasteiger partial charge in [0.1, 0.15) is 0 Å². The molecule has 1 fully saturated rings. The third-order valence-corrected chi connectivity index (χ3v) is 4.75. The molecule has 17 heavy (non-hydrogen) atoms. The van der Waals surface area contributed by atoms with E-state index in [1.165, 1.54) is 32.1 Å². The molecule has 102 valence electrons. The van der Waals surface area contributed by atoms with Crippen molar-refractivity contribution in [3.8, 4) is 0 Å². The van der Waals surface area contributed by atoms with Crippen molar-refractivity contribution in [3.63, 3.8) is 0 Å². The van der Waals surface area contributed by atoms with Gasteiger partial charge in [0.2, 0.25) is 0 Å². The predicted molar refractivity (Wildman–Crippen MR) is 73.9 cm³/mol. The van der Waals surface area contributed by atoms with Gasteiger partial charge >= 0.3 is 0 Å². The Bertz CT molecular complexity index is 207. The van der Waals surface area contributed by atoms with Crippen LogP contribution in [0.15, 0.2) is 0 Å². The highest BCUT2D eigenvalue weighted by Crippen LogP contribution is 2.43. The molecule has 1 saturated carbocycles.